The van der Waals surface area contributed by atoms with Crippen LogP contribution < -0.4 is 5.32 Å². The van der Waals surface area contributed by atoms with Crippen molar-refractivity contribution in [2.75, 3.05) is 38.1 Å². The number of aryl methyl sites for hydroxylation is 1. The van der Waals surface area contributed by atoms with Gasteiger partial charge >= 0.3 is 5.97 Å². The highest BCUT2D eigenvalue weighted by Crippen LogP contribution is 2.38. The number of thiophene rings is 1. The highest BCUT2D eigenvalue weighted by Gasteiger charge is 2.29. The van der Waals surface area contributed by atoms with E-state index in [1.165, 1.54) is 34.4 Å². The number of hydrogen-bond donors (Lipinski definition) is 1. The van der Waals surface area contributed by atoms with E-state index in [9.17, 15) is 4.79 Å². The largest absolute Gasteiger partial charge is 0.462 e. The van der Waals surface area contributed by atoms with Gasteiger partial charge in [-0.15, -0.1) is 11.3 Å². The van der Waals surface area contributed by atoms with Gasteiger partial charge in [-0.25, -0.2) is 4.79 Å². The molecule has 0 amide bonds. The van der Waals surface area contributed by atoms with Gasteiger partial charge in [0.2, 0.25) is 0 Å². The van der Waals surface area contributed by atoms with Gasteiger partial charge in [0, 0.05) is 31.1 Å². The highest BCUT2D eigenvalue weighted by molar-refractivity contribution is 7.80. The van der Waals surface area contributed by atoms with Crippen LogP contribution >= 0.6 is 23.6 Å². The molecule has 0 spiro atoms. The van der Waals surface area contributed by atoms with Gasteiger partial charge in [-0.05, 0) is 61.5 Å². The summed E-state index contributed by atoms with van der Waals surface area (Å²) < 4.78 is 5.45. The molecule has 0 saturated carbocycles. The van der Waals surface area contributed by atoms with Crippen molar-refractivity contribution in [2.45, 2.75) is 45.1 Å². The van der Waals surface area contributed by atoms with Gasteiger partial charge in [0.1, 0.15) is 5.00 Å². The van der Waals surface area contributed by atoms with Crippen molar-refractivity contribution in [1.29, 1.82) is 0 Å². The number of benzene rings is 2. The van der Waals surface area contributed by atoms with Crippen molar-refractivity contribution in [1.82, 2.24) is 9.80 Å². The van der Waals surface area contributed by atoms with Crippen molar-refractivity contribution >= 4 is 39.6 Å². The van der Waals surface area contributed by atoms with Crippen molar-refractivity contribution in [2.24, 2.45) is 0 Å². The average Bonchev–Trinajstić information content (AvgIpc) is 3.10. The average molecular weight is 534 g/mol. The summed E-state index contributed by atoms with van der Waals surface area (Å²) in [5.41, 5.74) is 4.49. The predicted octanol–water partition coefficient (Wildman–Crippen LogP) is 6.30. The van der Waals surface area contributed by atoms with Crippen molar-refractivity contribution in [3.63, 3.8) is 0 Å². The van der Waals surface area contributed by atoms with Crippen LogP contribution in [0.5, 0.6) is 0 Å². The van der Waals surface area contributed by atoms with Crippen LogP contribution in [0.1, 0.15) is 64.2 Å². The number of carbonyl (C=O) groups is 1. The maximum Gasteiger partial charge on any atom is 0.341 e. The third-order valence-electron chi connectivity index (χ3n) is 7.32. The smallest absolute Gasteiger partial charge is 0.341 e. The Bertz CT molecular complexity index is 1160. The van der Waals surface area contributed by atoms with E-state index >= 15 is 0 Å². The van der Waals surface area contributed by atoms with E-state index in [-0.39, 0.29) is 12.0 Å². The van der Waals surface area contributed by atoms with E-state index in [1.807, 2.05) is 6.92 Å². The number of piperazine rings is 1. The van der Waals surface area contributed by atoms with E-state index in [0.29, 0.717) is 17.3 Å². The maximum absolute atomic E-state index is 12.9. The summed E-state index contributed by atoms with van der Waals surface area (Å²) in [4.78, 5) is 19.0. The zero-order chi connectivity index (χ0) is 25.6. The summed E-state index contributed by atoms with van der Waals surface area (Å²) in [5, 5.41) is 5.00. The molecular weight excluding hydrogens is 498 g/mol. The summed E-state index contributed by atoms with van der Waals surface area (Å²) in [6.45, 7) is 5.71. The first-order chi connectivity index (χ1) is 18.2. The van der Waals surface area contributed by atoms with Crippen molar-refractivity contribution in [3.8, 4) is 0 Å². The quantitative estimate of drug-likeness (QED) is 0.228. The number of fused-ring (bicyclic) bond motifs is 1. The summed E-state index contributed by atoms with van der Waals surface area (Å²) >= 11 is 7.56. The van der Waals surface area contributed by atoms with Gasteiger partial charge in [-0.2, -0.15) is 0 Å². The Balaban J connectivity index is 1.30. The minimum atomic E-state index is -0.231. The van der Waals surface area contributed by atoms with Crippen LogP contribution in [0.3, 0.4) is 0 Å². The minimum absolute atomic E-state index is 0.217. The Morgan fingerprint density at radius 1 is 0.946 bits per heavy atom. The number of ether oxygens (including phenoxy) is 1. The molecule has 0 bridgehead atoms. The predicted molar refractivity (Wildman–Crippen MR) is 156 cm³/mol. The number of nitrogens with one attached hydrogen (secondary N) is 1. The Kier molecular flexibility index (Phi) is 8.54. The lowest BCUT2D eigenvalue weighted by molar-refractivity contribution is 0.0527. The number of carbonyl (C=O) groups excluding carboxylic acids is 1. The maximum atomic E-state index is 12.9. The molecule has 0 unspecified atom stereocenters. The molecule has 0 atom stereocenters. The molecular formula is C30H35N3O2S2. The lowest BCUT2D eigenvalue weighted by Crippen LogP contribution is -2.51. The van der Waals surface area contributed by atoms with Gasteiger partial charge in [0.15, 0.2) is 5.11 Å². The lowest BCUT2D eigenvalue weighted by atomic mass is 9.96. The van der Waals surface area contributed by atoms with Crippen LogP contribution in [0.15, 0.2) is 60.7 Å². The monoisotopic (exact) mass is 533 g/mol. The molecule has 1 fully saturated rings. The summed E-state index contributed by atoms with van der Waals surface area (Å²) in [6.07, 6.45) is 5.47. The Hall–Kier alpha value is -2.74. The van der Waals surface area contributed by atoms with Crippen LogP contribution in [-0.2, 0) is 17.6 Å². The molecule has 1 aliphatic carbocycles. The van der Waals surface area contributed by atoms with E-state index < -0.39 is 0 Å². The van der Waals surface area contributed by atoms with Crippen LogP contribution in [0.25, 0.3) is 0 Å². The van der Waals surface area contributed by atoms with Crippen LogP contribution in [0.4, 0.5) is 5.00 Å². The second-order valence-corrected chi connectivity index (χ2v) is 11.2. The zero-order valence-corrected chi connectivity index (χ0v) is 23.1. The second kappa shape index (κ2) is 12.2. The van der Waals surface area contributed by atoms with E-state index in [1.54, 1.807) is 11.3 Å². The molecule has 37 heavy (non-hydrogen) atoms. The Morgan fingerprint density at radius 3 is 2.19 bits per heavy atom. The van der Waals surface area contributed by atoms with Crippen molar-refractivity contribution < 1.29 is 9.53 Å². The summed E-state index contributed by atoms with van der Waals surface area (Å²) in [7, 11) is 0. The highest BCUT2D eigenvalue weighted by atomic mass is 32.1. The fourth-order valence-electron chi connectivity index (χ4n) is 5.49. The summed E-state index contributed by atoms with van der Waals surface area (Å²) in [6, 6.07) is 21.7. The number of anilines is 1. The van der Waals surface area contributed by atoms with Gasteiger partial charge in [-0.3, -0.25) is 4.90 Å². The molecule has 2 aliphatic rings. The number of thiocarbonyl (C=S) groups is 1. The minimum Gasteiger partial charge on any atom is -0.462 e. The fourth-order valence-corrected chi connectivity index (χ4v) is 7.12. The number of esters is 1. The topological polar surface area (TPSA) is 44.8 Å². The van der Waals surface area contributed by atoms with E-state index in [2.05, 4.69) is 75.8 Å². The van der Waals surface area contributed by atoms with E-state index in [0.717, 1.165) is 50.4 Å². The third-order valence-corrected chi connectivity index (χ3v) is 8.89. The zero-order valence-electron chi connectivity index (χ0n) is 21.4. The Labute approximate surface area is 229 Å². The van der Waals surface area contributed by atoms with Crippen LogP contribution in [-0.4, -0.2) is 53.7 Å². The molecule has 2 aromatic carbocycles. The first-order valence-electron chi connectivity index (χ1n) is 13.4. The molecule has 194 valence electrons. The molecule has 5 rings (SSSR count). The normalized spacial score (nSPS) is 16.2. The van der Waals surface area contributed by atoms with Gasteiger partial charge in [0.25, 0.3) is 0 Å². The molecule has 1 aliphatic heterocycles. The van der Waals surface area contributed by atoms with Gasteiger partial charge in [-0.1, -0.05) is 67.1 Å². The van der Waals surface area contributed by atoms with Crippen LogP contribution in [0.2, 0.25) is 0 Å². The molecule has 3 aromatic rings. The molecule has 1 N–H and O–H groups in total. The molecule has 1 saturated heterocycles. The molecule has 5 nitrogen and oxygen atoms in total. The number of hydrogen-bond acceptors (Lipinski definition) is 5. The van der Waals surface area contributed by atoms with Crippen molar-refractivity contribution in [3.05, 3.63) is 87.8 Å². The van der Waals surface area contributed by atoms with Gasteiger partial charge in [0.05, 0.1) is 18.2 Å². The van der Waals surface area contributed by atoms with E-state index in [4.69, 9.17) is 17.0 Å². The first kappa shape index (κ1) is 25.9. The third kappa shape index (κ3) is 5.89. The number of nitrogens with zero attached hydrogens (tertiary/aromatic N) is 2. The molecule has 7 heteroatoms. The molecule has 2 heterocycles. The van der Waals surface area contributed by atoms with Crippen LogP contribution in [0, 0.1) is 0 Å². The second-order valence-electron chi connectivity index (χ2n) is 9.67. The van der Waals surface area contributed by atoms with Gasteiger partial charge < -0.3 is 15.0 Å². The summed E-state index contributed by atoms with van der Waals surface area (Å²) in [5.74, 6) is -0.231. The SMILES string of the molecule is CCOC(=O)c1c(NC(=S)N2CCN(C(c3ccccc3)c3ccccc3)CC2)sc2c1CCCCC2. The lowest BCUT2D eigenvalue weighted by Gasteiger charge is -2.40. The number of rotatable bonds is 6. The Morgan fingerprint density at radius 2 is 1.57 bits per heavy atom. The first-order valence-corrected chi connectivity index (χ1v) is 14.6. The standard InChI is InChI=1S/C30H35N3O2S2/c1-2-35-29(34)26-24-16-10-5-11-17-25(24)37-28(26)31-30(36)33-20-18-32(19-21-33)27(22-12-6-3-7-13-22)23-14-8-4-9-15-23/h3-4,6-9,12-15,27H,2,5,10-11,16-21H2,1H3,(H,31,36). The fraction of sp³-hybridized carbons (Fsp3) is 0.400. The molecule has 0 radical (unpaired) electrons. The molecule has 1 aromatic heterocycles.